The van der Waals surface area contributed by atoms with Gasteiger partial charge in [0.2, 0.25) is 0 Å². The summed E-state index contributed by atoms with van der Waals surface area (Å²) < 4.78 is 0. The maximum atomic E-state index is 2.36. The van der Waals surface area contributed by atoms with Gasteiger partial charge in [0.25, 0.3) is 0 Å². The topological polar surface area (TPSA) is 0 Å². The van der Waals surface area contributed by atoms with E-state index in [-0.39, 0.29) is 0 Å². The molecule has 0 amide bonds. The minimum absolute atomic E-state index is 0.539. The molecule has 1 fully saturated rings. The number of unbranched alkanes of at least 4 members (excludes halogenated alkanes) is 2. The Morgan fingerprint density at radius 1 is 0.889 bits per heavy atom. The predicted molar refractivity (Wildman–Crippen MR) is 82.9 cm³/mol. The minimum Gasteiger partial charge on any atom is -0.0654 e. The maximum Gasteiger partial charge on any atom is -0.0383 e. The van der Waals surface area contributed by atoms with Crippen molar-refractivity contribution in [2.24, 2.45) is 17.3 Å². The van der Waals surface area contributed by atoms with Crippen LogP contribution in [0.4, 0.5) is 0 Å². The van der Waals surface area contributed by atoms with Crippen LogP contribution in [0.15, 0.2) is 0 Å². The van der Waals surface area contributed by atoms with E-state index in [1.807, 2.05) is 0 Å². The molecule has 0 spiro atoms. The summed E-state index contributed by atoms with van der Waals surface area (Å²) in [5, 5.41) is 0. The fraction of sp³-hybridized carbons (Fsp3) is 1.00. The van der Waals surface area contributed by atoms with Crippen molar-refractivity contribution in [2.75, 3.05) is 0 Å². The second-order valence-electron chi connectivity index (χ2n) is 7.85. The van der Waals surface area contributed by atoms with Gasteiger partial charge in [-0.3, -0.25) is 0 Å². The van der Waals surface area contributed by atoms with Gasteiger partial charge in [0.15, 0.2) is 0 Å². The summed E-state index contributed by atoms with van der Waals surface area (Å²) in [4.78, 5) is 0. The lowest BCUT2D eigenvalue weighted by atomic mass is 9.77. The van der Waals surface area contributed by atoms with E-state index in [9.17, 15) is 0 Å². The quantitative estimate of drug-likeness (QED) is 0.448. The van der Waals surface area contributed by atoms with E-state index in [1.165, 1.54) is 64.2 Å². The van der Waals surface area contributed by atoms with Gasteiger partial charge in [-0.05, 0) is 30.1 Å². The van der Waals surface area contributed by atoms with Crippen molar-refractivity contribution >= 4 is 0 Å². The Morgan fingerprint density at radius 2 is 1.56 bits per heavy atom. The van der Waals surface area contributed by atoms with Crippen LogP contribution in [0, 0.1) is 17.3 Å². The van der Waals surface area contributed by atoms with Crippen molar-refractivity contribution in [3.05, 3.63) is 0 Å². The highest BCUT2D eigenvalue weighted by molar-refractivity contribution is 4.73. The van der Waals surface area contributed by atoms with E-state index in [4.69, 9.17) is 0 Å². The Hall–Kier alpha value is 0. The Morgan fingerprint density at radius 3 is 2.17 bits per heavy atom. The van der Waals surface area contributed by atoms with Gasteiger partial charge in [-0.15, -0.1) is 0 Å². The molecule has 1 aliphatic carbocycles. The molecule has 1 rings (SSSR count). The third-order valence-electron chi connectivity index (χ3n) is 4.63. The van der Waals surface area contributed by atoms with Crippen LogP contribution in [0.1, 0.15) is 98.3 Å². The van der Waals surface area contributed by atoms with Gasteiger partial charge in [-0.2, -0.15) is 0 Å². The average molecular weight is 252 g/mol. The summed E-state index contributed by atoms with van der Waals surface area (Å²) in [5.41, 5.74) is 0.539. The van der Waals surface area contributed by atoms with Crippen LogP contribution >= 0.6 is 0 Å². The molecule has 0 heterocycles. The molecule has 0 aromatic rings. The first-order chi connectivity index (χ1) is 8.51. The standard InChI is InChI=1S/C18H36/c1-5-10-16-12-9-13-17(15-16)11-7-6-8-14-18(2,3)4/h16-17H,5-15H2,1-4H3. The molecule has 18 heavy (non-hydrogen) atoms. The van der Waals surface area contributed by atoms with E-state index in [1.54, 1.807) is 6.42 Å². The Balaban J connectivity index is 2.04. The van der Waals surface area contributed by atoms with Crippen LogP contribution in [-0.2, 0) is 0 Å². The lowest BCUT2D eigenvalue weighted by molar-refractivity contribution is 0.237. The van der Waals surface area contributed by atoms with Gasteiger partial charge in [0, 0.05) is 0 Å². The van der Waals surface area contributed by atoms with Gasteiger partial charge < -0.3 is 0 Å². The van der Waals surface area contributed by atoms with Gasteiger partial charge in [0.05, 0.1) is 0 Å². The molecule has 0 heteroatoms. The number of hydrogen-bond donors (Lipinski definition) is 0. The predicted octanol–water partition coefficient (Wildman–Crippen LogP) is 6.59. The largest absolute Gasteiger partial charge is 0.0654 e. The molecule has 0 radical (unpaired) electrons. The van der Waals surface area contributed by atoms with Crippen LogP contribution in [0.2, 0.25) is 0 Å². The van der Waals surface area contributed by atoms with Gasteiger partial charge in [-0.25, -0.2) is 0 Å². The molecule has 0 saturated heterocycles. The van der Waals surface area contributed by atoms with Crippen molar-refractivity contribution in [3.63, 3.8) is 0 Å². The molecule has 2 unspecified atom stereocenters. The summed E-state index contributed by atoms with van der Waals surface area (Å²) >= 11 is 0. The van der Waals surface area contributed by atoms with E-state index in [0.717, 1.165) is 11.8 Å². The van der Waals surface area contributed by atoms with Crippen molar-refractivity contribution in [3.8, 4) is 0 Å². The fourth-order valence-electron chi connectivity index (χ4n) is 3.60. The molecule has 0 bridgehead atoms. The fourth-order valence-corrected chi connectivity index (χ4v) is 3.60. The third kappa shape index (κ3) is 7.44. The van der Waals surface area contributed by atoms with Gasteiger partial charge >= 0.3 is 0 Å². The molecule has 0 aliphatic heterocycles. The van der Waals surface area contributed by atoms with Crippen LogP contribution in [0.25, 0.3) is 0 Å². The second kappa shape index (κ2) is 8.23. The van der Waals surface area contributed by atoms with Crippen molar-refractivity contribution in [1.29, 1.82) is 0 Å². The molecular weight excluding hydrogens is 216 g/mol. The third-order valence-corrected chi connectivity index (χ3v) is 4.63. The Bertz CT molecular complexity index is 197. The molecule has 0 aromatic carbocycles. The molecule has 0 aromatic heterocycles. The van der Waals surface area contributed by atoms with E-state index < -0.39 is 0 Å². The highest BCUT2D eigenvalue weighted by Crippen LogP contribution is 2.34. The highest BCUT2D eigenvalue weighted by Gasteiger charge is 2.20. The summed E-state index contributed by atoms with van der Waals surface area (Å²) in [6.45, 7) is 9.44. The summed E-state index contributed by atoms with van der Waals surface area (Å²) in [7, 11) is 0. The Labute approximate surface area is 116 Å². The Kier molecular flexibility index (Phi) is 7.34. The van der Waals surface area contributed by atoms with Crippen LogP contribution in [0.3, 0.4) is 0 Å². The SMILES string of the molecule is CCCC1CCCC(CCCCCC(C)(C)C)C1. The monoisotopic (exact) mass is 252 g/mol. The molecule has 2 atom stereocenters. The van der Waals surface area contributed by atoms with Crippen molar-refractivity contribution < 1.29 is 0 Å². The van der Waals surface area contributed by atoms with E-state index >= 15 is 0 Å². The molecule has 1 aliphatic rings. The molecule has 108 valence electrons. The number of rotatable bonds is 7. The first-order valence-electron chi connectivity index (χ1n) is 8.51. The van der Waals surface area contributed by atoms with Crippen molar-refractivity contribution in [2.45, 2.75) is 98.3 Å². The smallest absolute Gasteiger partial charge is 0.0383 e. The zero-order valence-corrected chi connectivity index (χ0v) is 13.4. The molecular formula is C18H36. The molecule has 0 nitrogen and oxygen atoms in total. The van der Waals surface area contributed by atoms with Gasteiger partial charge in [-0.1, -0.05) is 85.5 Å². The first-order valence-corrected chi connectivity index (χ1v) is 8.51. The summed E-state index contributed by atoms with van der Waals surface area (Å²) in [6, 6.07) is 0. The molecule has 1 saturated carbocycles. The van der Waals surface area contributed by atoms with Gasteiger partial charge in [0.1, 0.15) is 0 Å². The van der Waals surface area contributed by atoms with Crippen molar-refractivity contribution in [1.82, 2.24) is 0 Å². The average Bonchev–Trinajstić information content (AvgIpc) is 2.28. The van der Waals surface area contributed by atoms with Crippen LogP contribution in [-0.4, -0.2) is 0 Å². The first kappa shape index (κ1) is 16.1. The lowest BCUT2D eigenvalue weighted by Gasteiger charge is -2.29. The highest BCUT2D eigenvalue weighted by atomic mass is 14.3. The normalized spacial score (nSPS) is 25.3. The minimum atomic E-state index is 0.539. The second-order valence-corrected chi connectivity index (χ2v) is 7.85. The van der Waals surface area contributed by atoms with E-state index in [0.29, 0.717) is 5.41 Å². The summed E-state index contributed by atoms with van der Waals surface area (Å²) in [5.74, 6) is 2.15. The number of hydrogen-bond acceptors (Lipinski definition) is 0. The zero-order valence-electron chi connectivity index (χ0n) is 13.4. The maximum absolute atomic E-state index is 2.36. The molecule has 0 N–H and O–H groups in total. The zero-order chi connectivity index (χ0) is 13.4. The lowest BCUT2D eigenvalue weighted by Crippen LogP contribution is -2.15. The van der Waals surface area contributed by atoms with E-state index in [2.05, 4.69) is 27.7 Å². The van der Waals surface area contributed by atoms with Crippen LogP contribution in [0.5, 0.6) is 0 Å². The summed E-state index contributed by atoms with van der Waals surface area (Å²) in [6.07, 6.45) is 16.3. The van der Waals surface area contributed by atoms with Crippen LogP contribution < -0.4 is 0 Å².